The van der Waals surface area contributed by atoms with Crippen molar-refractivity contribution in [3.8, 4) is 0 Å². The van der Waals surface area contributed by atoms with E-state index in [1.807, 2.05) is 19.9 Å². The highest BCUT2D eigenvalue weighted by Gasteiger charge is 2.38. The molecule has 3 rings (SSSR count). The highest BCUT2D eigenvalue weighted by Crippen LogP contribution is 2.32. The predicted molar refractivity (Wildman–Crippen MR) is 104 cm³/mol. The Labute approximate surface area is 157 Å². The first kappa shape index (κ1) is 19.0. The van der Waals surface area contributed by atoms with E-state index in [0.29, 0.717) is 25.4 Å². The molecule has 8 heteroatoms. The van der Waals surface area contributed by atoms with Crippen LogP contribution in [0, 0.1) is 5.92 Å². The van der Waals surface area contributed by atoms with Crippen LogP contribution in [0.1, 0.15) is 25.8 Å². The van der Waals surface area contributed by atoms with Crippen molar-refractivity contribution in [2.45, 2.75) is 32.9 Å². The van der Waals surface area contributed by atoms with Crippen molar-refractivity contribution in [3.63, 3.8) is 0 Å². The second kappa shape index (κ2) is 7.87. The Balaban J connectivity index is 2.05. The lowest BCUT2D eigenvalue weighted by atomic mass is 9.95. The first-order valence-electron chi connectivity index (χ1n) is 9.06. The van der Waals surface area contributed by atoms with Crippen LogP contribution in [0.3, 0.4) is 0 Å². The summed E-state index contributed by atoms with van der Waals surface area (Å²) >= 11 is 0. The maximum absolute atomic E-state index is 12.9. The molecule has 2 N–H and O–H groups in total. The molecule has 0 unspecified atom stereocenters. The Bertz CT molecular complexity index is 903. The molecular formula is C19H24N4O4. The highest BCUT2D eigenvalue weighted by atomic mass is 16.5. The molecule has 2 atom stereocenters. The molecule has 2 aromatic rings. The van der Waals surface area contributed by atoms with Crippen molar-refractivity contribution in [2.24, 2.45) is 5.92 Å². The van der Waals surface area contributed by atoms with Crippen LogP contribution >= 0.6 is 0 Å². The molecule has 1 aromatic carbocycles. The summed E-state index contributed by atoms with van der Waals surface area (Å²) in [6, 6.07) is 1.25. The molecular weight excluding hydrogens is 348 g/mol. The number of hydrogen-bond acceptors (Lipinski definition) is 7. The van der Waals surface area contributed by atoms with Crippen molar-refractivity contribution in [2.75, 3.05) is 35.8 Å². The van der Waals surface area contributed by atoms with Gasteiger partial charge in [-0.3, -0.25) is 19.4 Å². The number of rotatable bonds is 7. The number of methoxy groups -OCH3 is 1. The Hall–Kier alpha value is -2.74. The summed E-state index contributed by atoms with van der Waals surface area (Å²) in [6.45, 7) is 5.12. The van der Waals surface area contributed by atoms with Gasteiger partial charge >= 0.3 is 0 Å². The number of fused-ring (bicyclic) bond motifs is 1. The molecule has 0 saturated carbocycles. The molecule has 1 aromatic heterocycles. The number of pyridine rings is 1. The average Bonchev–Trinajstić information content (AvgIpc) is 2.81. The van der Waals surface area contributed by atoms with E-state index in [1.165, 1.54) is 0 Å². The van der Waals surface area contributed by atoms with Gasteiger partial charge in [-0.05, 0) is 17.5 Å². The number of amides is 1. The van der Waals surface area contributed by atoms with Gasteiger partial charge in [-0.2, -0.15) is 0 Å². The minimum atomic E-state index is -0.562. The van der Waals surface area contributed by atoms with Crippen molar-refractivity contribution >= 4 is 23.0 Å². The number of carbonyl (C=O) groups is 1. The van der Waals surface area contributed by atoms with E-state index in [1.54, 1.807) is 24.4 Å². The zero-order chi connectivity index (χ0) is 19.6. The minimum absolute atomic E-state index is 0.0106. The summed E-state index contributed by atoms with van der Waals surface area (Å²) in [7, 11) is 1.56. The molecule has 144 valence electrons. The zero-order valence-corrected chi connectivity index (χ0v) is 15.7. The second-order valence-corrected chi connectivity index (χ2v) is 6.78. The third kappa shape index (κ3) is 3.44. The number of hydrogen-bond donors (Lipinski definition) is 2. The number of nitrogens with zero attached hydrogens (tertiary/aromatic N) is 2. The monoisotopic (exact) mass is 372 g/mol. The van der Waals surface area contributed by atoms with Gasteiger partial charge in [0, 0.05) is 26.4 Å². The molecule has 0 bridgehead atoms. The smallest absolute Gasteiger partial charge is 0.253 e. The molecule has 0 aliphatic carbocycles. The van der Waals surface area contributed by atoms with E-state index in [-0.39, 0.29) is 23.2 Å². The zero-order valence-electron chi connectivity index (χ0n) is 15.7. The molecule has 1 aliphatic heterocycles. The Morgan fingerprint density at radius 3 is 2.85 bits per heavy atom. The third-order valence-electron chi connectivity index (χ3n) is 5.08. The molecule has 8 nitrogen and oxygen atoms in total. The molecule has 1 aliphatic rings. The lowest BCUT2D eigenvalue weighted by Gasteiger charge is -2.35. The van der Waals surface area contributed by atoms with Gasteiger partial charge in [0.25, 0.3) is 10.9 Å². The van der Waals surface area contributed by atoms with Crippen LogP contribution in [0.4, 0.5) is 17.1 Å². The molecule has 2 heterocycles. The number of ether oxygens (including phenoxy) is 1. The largest absolute Gasteiger partial charge is 0.383 e. The van der Waals surface area contributed by atoms with Gasteiger partial charge in [0.05, 0.1) is 18.5 Å². The van der Waals surface area contributed by atoms with Gasteiger partial charge in [-0.25, -0.2) is 0 Å². The maximum atomic E-state index is 12.9. The fourth-order valence-corrected chi connectivity index (χ4v) is 3.41. The van der Waals surface area contributed by atoms with Gasteiger partial charge in [0.1, 0.15) is 17.4 Å². The van der Waals surface area contributed by atoms with Crippen LogP contribution in [0.2, 0.25) is 0 Å². The summed E-state index contributed by atoms with van der Waals surface area (Å²) in [4.78, 5) is 43.3. The number of anilines is 3. The van der Waals surface area contributed by atoms with E-state index in [2.05, 4.69) is 15.6 Å². The Morgan fingerprint density at radius 2 is 2.15 bits per heavy atom. The summed E-state index contributed by atoms with van der Waals surface area (Å²) in [6.07, 6.45) is 4.00. The van der Waals surface area contributed by atoms with Crippen molar-refractivity contribution < 1.29 is 9.53 Å². The molecule has 0 saturated heterocycles. The highest BCUT2D eigenvalue weighted by molar-refractivity contribution is 5.99. The number of aromatic nitrogens is 1. The second-order valence-electron chi connectivity index (χ2n) is 6.78. The van der Waals surface area contributed by atoms with Gasteiger partial charge in [-0.15, -0.1) is 0 Å². The van der Waals surface area contributed by atoms with Gasteiger partial charge in [0.15, 0.2) is 0 Å². The van der Waals surface area contributed by atoms with Crippen molar-refractivity contribution in [3.05, 3.63) is 44.5 Å². The number of carbonyl (C=O) groups excluding carboxylic acids is 1. The molecule has 27 heavy (non-hydrogen) atoms. The van der Waals surface area contributed by atoms with E-state index >= 15 is 0 Å². The topological polar surface area (TPSA) is 101 Å². The van der Waals surface area contributed by atoms with E-state index < -0.39 is 16.9 Å². The summed E-state index contributed by atoms with van der Waals surface area (Å²) in [5, 5.41) is 5.89. The van der Waals surface area contributed by atoms with Crippen LogP contribution in [-0.2, 0) is 16.1 Å². The van der Waals surface area contributed by atoms with Crippen LogP contribution < -0.4 is 26.4 Å². The van der Waals surface area contributed by atoms with E-state index in [0.717, 1.165) is 12.0 Å². The Morgan fingerprint density at radius 1 is 1.37 bits per heavy atom. The summed E-state index contributed by atoms with van der Waals surface area (Å²) in [5.41, 5.74) is 0.903. The van der Waals surface area contributed by atoms with E-state index in [9.17, 15) is 14.4 Å². The SMILES string of the molecule is CC[C@H](C)[C@H]1C(=O)Nc2cnccc2CN1c1c(NCCOC)c(=O)c1=O. The summed E-state index contributed by atoms with van der Waals surface area (Å²) < 4.78 is 5.00. The van der Waals surface area contributed by atoms with Crippen molar-refractivity contribution in [1.29, 1.82) is 0 Å². The fourth-order valence-electron chi connectivity index (χ4n) is 3.41. The van der Waals surface area contributed by atoms with Crippen LogP contribution in [-0.4, -0.2) is 37.2 Å². The normalized spacial score (nSPS) is 18.0. The first-order valence-corrected chi connectivity index (χ1v) is 9.06. The third-order valence-corrected chi connectivity index (χ3v) is 5.08. The summed E-state index contributed by atoms with van der Waals surface area (Å²) in [5.74, 6) is -0.213. The van der Waals surface area contributed by atoms with Gasteiger partial charge < -0.3 is 20.3 Å². The molecule has 0 spiro atoms. The lowest BCUT2D eigenvalue weighted by Crippen LogP contribution is -2.52. The molecule has 1 amide bonds. The standard InChI is InChI=1S/C19H24N4O4/c1-4-11(2)15-19(26)22-13-9-20-6-5-12(13)10-23(15)16-14(17(24)18(16)25)21-7-8-27-3/h5-6,9,11,15,21H,4,7-8,10H2,1-3H3,(H,22,26)/t11-,15-/m0/s1. The van der Waals surface area contributed by atoms with Crippen LogP contribution in [0.25, 0.3) is 0 Å². The molecule has 0 radical (unpaired) electrons. The number of nitrogens with one attached hydrogen (secondary N) is 2. The van der Waals surface area contributed by atoms with Crippen molar-refractivity contribution in [1.82, 2.24) is 4.98 Å². The predicted octanol–water partition coefficient (Wildman–Crippen LogP) is 1.11. The quantitative estimate of drug-likeness (QED) is 0.555. The van der Waals surface area contributed by atoms with Gasteiger partial charge in [-0.1, -0.05) is 20.3 Å². The van der Waals surface area contributed by atoms with Crippen LogP contribution in [0.15, 0.2) is 28.0 Å². The van der Waals surface area contributed by atoms with E-state index in [4.69, 9.17) is 4.74 Å². The minimum Gasteiger partial charge on any atom is -0.383 e. The fraction of sp³-hybridized carbons (Fsp3) is 0.474. The van der Waals surface area contributed by atoms with Gasteiger partial charge in [0.2, 0.25) is 5.91 Å². The Kier molecular flexibility index (Phi) is 5.55. The first-order chi connectivity index (χ1) is 13.0. The van der Waals surface area contributed by atoms with Crippen LogP contribution in [0.5, 0.6) is 0 Å². The maximum Gasteiger partial charge on any atom is 0.253 e. The molecule has 0 fully saturated rings. The average molecular weight is 372 g/mol. The lowest BCUT2D eigenvalue weighted by molar-refractivity contribution is -0.118.